The van der Waals surface area contributed by atoms with Crippen molar-refractivity contribution in [2.45, 2.75) is 29.5 Å². The van der Waals surface area contributed by atoms with Crippen LogP contribution in [0.1, 0.15) is 17.7 Å². The Labute approximate surface area is 145 Å². The second kappa shape index (κ2) is 9.15. The van der Waals surface area contributed by atoms with E-state index in [0.717, 1.165) is 26.2 Å². The van der Waals surface area contributed by atoms with Crippen molar-refractivity contribution < 1.29 is 4.79 Å². The number of carbonyl (C=O) groups is 1. The fourth-order valence-electron chi connectivity index (χ4n) is 1.77. The van der Waals surface area contributed by atoms with Gasteiger partial charge in [0.05, 0.1) is 0 Å². The molecule has 2 aromatic rings. The van der Waals surface area contributed by atoms with Crippen molar-refractivity contribution in [2.75, 3.05) is 18.9 Å². The summed E-state index contributed by atoms with van der Waals surface area (Å²) in [6.07, 6.45) is 0.477. The van der Waals surface area contributed by atoms with Gasteiger partial charge in [-0.2, -0.15) is 0 Å². The molecule has 0 saturated heterocycles. The topological polar surface area (TPSA) is 54.0 Å². The Morgan fingerprint density at radius 1 is 1.36 bits per heavy atom. The Morgan fingerprint density at radius 2 is 2.14 bits per heavy atom. The monoisotopic (exact) mass is 357 g/mol. The second-order valence-corrected chi connectivity index (χ2v) is 6.91. The van der Waals surface area contributed by atoms with Gasteiger partial charge in [-0.05, 0) is 44.7 Å². The number of anilines is 1. The van der Waals surface area contributed by atoms with Crippen LogP contribution in [0, 0.1) is 13.8 Å². The third-order valence-electron chi connectivity index (χ3n) is 2.88. The number of hydrogen-bond donors (Lipinski definition) is 2. The molecule has 2 rings (SSSR count). The smallest absolute Gasteiger partial charge is 0.225 e. The standard InChI is InChI=1S/C15H19N3OS2.ClH/c1-10-8-12(21-15-17-11(2)9-20-15)4-5-13(10)18-14(19)6-7-16-3;/h4-5,8-9,16H,6-7H2,1-3H3,(H,18,19);1H. The fourth-order valence-corrected chi connectivity index (χ4v) is 3.68. The molecule has 0 aliphatic carbocycles. The molecule has 2 N–H and O–H groups in total. The Kier molecular flexibility index (Phi) is 7.89. The average molecular weight is 358 g/mol. The van der Waals surface area contributed by atoms with Gasteiger partial charge in [-0.25, -0.2) is 4.98 Å². The van der Waals surface area contributed by atoms with E-state index in [4.69, 9.17) is 0 Å². The molecule has 22 heavy (non-hydrogen) atoms. The summed E-state index contributed by atoms with van der Waals surface area (Å²) in [6.45, 7) is 4.68. The first-order chi connectivity index (χ1) is 10.1. The van der Waals surface area contributed by atoms with Crippen LogP contribution in [-0.2, 0) is 4.79 Å². The van der Waals surface area contributed by atoms with Crippen LogP contribution in [0.25, 0.3) is 0 Å². The van der Waals surface area contributed by atoms with Gasteiger partial charge in [-0.15, -0.1) is 23.7 Å². The average Bonchev–Trinajstić information content (AvgIpc) is 2.85. The van der Waals surface area contributed by atoms with E-state index in [1.807, 2.05) is 38.4 Å². The van der Waals surface area contributed by atoms with Crippen LogP contribution in [0.5, 0.6) is 0 Å². The highest BCUT2D eigenvalue weighted by Crippen LogP contribution is 2.32. The van der Waals surface area contributed by atoms with Crippen LogP contribution in [-0.4, -0.2) is 24.5 Å². The van der Waals surface area contributed by atoms with E-state index >= 15 is 0 Å². The molecular formula is C15H20ClN3OS2. The first-order valence-corrected chi connectivity index (χ1v) is 8.43. The summed E-state index contributed by atoms with van der Waals surface area (Å²) in [5.41, 5.74) is 2.98. The quantitative estimate of drug-likeness (QED) is 0.823. The minimum Gasteiger partial charge on any atom is -0.326 e. The molecule has 0 unspecified atom stereocenters. The van der Waals surface area contributed by atoms with E-state index in [1.54, 1.807) is 23.1 Å². The van der Waals surface area contributed by atoms with Gasteiger partial charge in [-0.1, -0.05) is 11.8 Å². The van der Waals surface area contributed by atoms with E-state index in [9.17, 15) is 4.79 Å². The number of nitrogens with one attached hydrogen (secondary N) is 2. The zero-order chi connectivity index (χ0) is 15.2. The minimum absolute atomic E-state index is 0. The lowest BCUT2D eigenvalue weighted by Gasteiger charge is -2.09. The van der Waals surface area contributed by atoms with E-state index in [0.29, 0.717) is 13.0 Å². The van der Waals surface area contributed by atoms with E-state index in [-0.39, 0.29) is 18.3 Å². The Bertz CT molecular complexity index is 631. The zero-order valence-electron chi connectivity index (χ0n) is 12.8. The highest BCUT2D eigenvalue weighted by atomic mass is 35.5. The molecule has 0 radical (unpaired) electrons. The van der Waals surface area contributed by atoms with Crippen LogP contribution < -0.4 is 10.6 Å². The maximum absolute atomic E-state index is 11.7. The van der Waals surface area contributed by atoms with Crippen molar-refractivity contribution in [3.8, 4) is 0 Å². The third-order valence-corrected chi connectivity index (χ3v) is 4.92. The highest BCUT2D eigenvalue weighted by molar-refractivity contribution is 8.01. The largest absolute Gasteiger partial charge is 0.326 e. The molecule has 120 valence electrons. The number of carbonyl (C=O) groups excluding carboxylic acids is 1. The predicted molar refractivity (Wildman–Crippen MR) is 96.6 cm³/mol. The molecule has 0 saturated carbocycles. The van der Waals surface area contributed by atoms with Gasteiger partial charge < -0.3 is 10.6 Å². The number of rotatable bonds is 6. The number of benzene rings is 1. The lowest BCUT2D eigenvalue weighted by atomic mass is 10.2. The summed E-state index contributed by atoms with van der Waals surface area (Å²) < 4.78 is 1.04. The fraction of sp³-hybridized carbons (Fsp3) is 0.333. The van der Waals surface area contributed by atoms with Crippen molar-refractivity contribution in [2.24, 2.45) is 0 Å². The summed E-state index contributed by atoms with van der Waals surface area (Å²) in [5.74, 6) is 0.0309. The lowest BCUT2D eigenvalue weighted by Crippen LogP contribution is -2.19. The number of hydrogen-bond acceptors (Lipinski definition) is 5. The van der Waals surface area contributed by atoms with E-state index < -0.39 is 0 Å². The van der Waals surface area contributed by atoms with Gasteiger partial charge in [0.15, 0.2) is 4.34 Å². The minimum atomic E-state index is 0. The first kappa shape index (κ1) is 19.0. The Hall–Kier alpha value is -1.08. The molecule has 4 nitrogen and oxygen atoms in total. The molecule has 0 atom stereocenters. The van der Waals surface area contributed by atoms with Gasteiger partial charge in [0.2, 0.25) is 5.91 Å². The molecule has 0 fully saturated rings. The molecular weight excluding hydrogens is 338 g/mol. The van der Waals surface area contributed by atoms with Crippen LogP contribution in [0.3, 0.4) is 0 Å². The van der Waals surface area contributed by atoms with Crippen molar-refractivity contribution >= 4 is 47.1 Å². The molecule has 0 spiro atoms. The van der Waals surface area contributed by atoms with Crippen molar-refractivity contribution in [1.82, 2.24) is 10.3 Å². The van der Waals surface area contributed by atoms with E-state index in [2.05, 4.69) is 21.7 Å². The molecule has 0 aliphatic heterocycles. The summed E-state index contributed by atoms with van der Waals surface area (Å²) in [6, 6.07) is 6.05. The van der Waals surface area contributed by atoms with E-state index in [1.165, 1.54) is 0 Å². The van der Waals surface area contributed by atoms with Crippen LogP contribution in [0.15, 0.2) is 32.8 Å². The van der Waals surface area contributed by atoms with Crippen LogP contribution in [0.2, 0.25) is 0 Å². The Balaban J connectivity index is 0.00000242. The predicted octanol–water partition coefficient (Wildman–Crippen LogP) is 3.88. The number of thiazole rings is 1. The van der Waals surface area contributed by atoms with Gasteiger partial charge >= 0.3 is 0 Å². The number of aromatic nitrogens is 1. The summed E-state index contributed by atoms with van der Waals surface area (Å²) in [5, 5.41) is 7.95. The summed E-state index contributed by atoms with van der Waals surface area (Å²) in [7, 11) is 1.84. The molecule has 1 amide bonds. The van der Waals surface area contributed by atoms with Gasteiger partial charge in [0.25, 0.3) is 0 Å². The molecule has 0 bridgehead atoms. The summed E-state index contributed by atoms with van der Waals surface area (Å²) >= 11 is 3.30. The maximum atomic E-state index is 11.7. The second-order valence-electron chi connectivity index (χ2n) is 4.74. The number of amides is 1. The van der Waals surface area contributed by atoms with Crippen molar-refractivity contribution in [3.05, 3.63) is 34.8 Å². The first-order valence-electron chi connectivity index (χ1n) is 6.73. The van der Waals surface area contributed by atoms with Gasteiger partial charge in [0.1, 0.15) is 0 Å². The highest BCUT2D eigenvalue weighted by Gasteiger charge is 2.07. The zero-order valence-corrected chi connectivity index (χ0v) is 15.3. The van der Waals surface area contributed by atoms with Gasteiger partial charge in [0, 0.05) is 34.6 Å². The lowest BCUT2D eigenvalue weighted by molar-refractivity contribution is -0.116. The van der Waals surface area contributed by atoms with Crippen molar-refractivity contribution in [1.29, 1.82) is 0 Å². The van der Waals surface area contributed by atoms with Gasteiger partial charge in [-0.3, -0.25) is 4.79 Å². The number of nitrogens with zero attached hydrogens (tertiary/aromatic N) is 1. The number of halogens is 1. The van der Waals surface area contributed by atoms with Crippen LogP contribution in [0.4, 0.5) is 5.69 Å². The molecule has 1 aromatic heterocycles. The number of aryl methyl sites for hydroxylation is 2. The molecule has 0 aliphatic rings. The SMILES string of the molecule is CNCCC(=O)Nc1ccc(Sc2nc(C)cs2)cc1C.Cl. The van der Waals surface area contributed by atoms with Crippen molar-refractivity contribution in [3.63, 3.8) is 0 Å². The Morgan fingerprint density at radius 3 is 2.73 bits per heavy atom. The third kappa shape index (κ3) is 5.61. The summed E-state index contributed by atoms with van der Waals surface area (Å²) in [4.78, 5) is 17.3. The molecule has 1 heterocycles. The molecule has 7 heteroatoms. The van der Waals surface area contributed by atoms with Crippen LogP contribution >= 0.6 is 35.5 Å². The maximum Gasteiger partial charge on any atom is 0.225 e. The normalized spacial score (nSPS) is 10.1. The molecule has 1 aromatic carbocycles.